The van der Waals surface area contributed by atoms with Crippen LogP contribution in [0, 0.1) is 5.92 Å². The highest BCUT2D eigenvalue weighted by Gasteiger charge is 2.38. The quantitative estimate of drug-likeness (QED) is 0.765. The van der Waals surface area contributed by atoms with Gasteiger partial charge in [-0.15, -0.1) is 11.3 Å². The smallest absolute Gasteiger partial charge is 0.239 e. The molecule has 2 fully saturated rings. The van der Waals surface area contributed by atoms with E-state index >= 15 is 0 Å². The summed E-state index contributed by atoms with van der Waals surface area (Å²) >= 11 is 1.64. The van der Waals surface area contributed by atoms with E-state index in [1.54, 1.807) is 11.3 Å². The molecule has 1 aliphatic heterocycles. The van der Waals surface area contributed by atoms with Gasteiger partial charge in [-0.05, 0) is 37.1 Å². The van der Waals surface area contributed by atoms with Gasteiger partial charge in [0.05, 0.1) is 12.5 Å². The highest BCUT2D eigenvalue weighted by Crippen LogP contribution is 2.31. The standard InChI is InChI=1S/C20H31N3O2S/c1-3-21(2)20(25)19(16-7-4-5-8-16)23-12-10-22(11-13-23)18(24)15-17-9-6-14-26-17/h6,9,14,16,19H,3-5,7-8,10-13,15H2,1-2H3. The molecule has 1 saturated heterocycles. The summed E-state index contributed by atoms with van der Waals surface area (Å²) in [5.74, 6) is 0.948. The highest BCUT2D eigenvalue weighted by molar-refractivity contribution is 7.10. The molecule has 0 spiro atoms. The predicted octanol–water partition coefficient (Wildman–Crippen LogP) is 2.47. The van der Waals surface area contributed by atoms with Crippen LogP contribution in [0.3, 0.4) is 0 Å². The van der Waals surface area contributed by atoms with E-state index in [1.165, 1.54) is 12.8 Å². The molecule has 0 bridgehead atoms. The van der Waals surface area contributed by atoms with Gasteiger partial charge in [-0.1, -0.05) is 18.9 Å². The lowest BCUT2D eigenvalue weighted by molar-refractivity contribution is -0.140. The number of likely N-dealkylation sites (N-methyl/N-ethyl adjacent to an activating group) is 1. The first-order valence-electron chi connectivity index (χ1n) is 9.89. The van der Waals surface area contributed by atoms with Crippen LogP contribution in [0.2, 0.25) is 0 Å². The second-order valence-corrected chi connectivity index (χ2v) is 8.55. The molecule has 1 atom stereocenters. The van der Waals surface area contributed by atoms with E-state index in [0.29, 0.717) is 12.3 Å². The van der Waals surface area contributed by atoms with Crippen molar-refractivity contribution in [3.05, 3.63) is 22.4 Å². The van der Waals surface area contributed by atoms with Crippen LogP contribution in [0.4, 0.5) is 0 Å². The van der Waals surface area contributed by atoms with E-state index in [1.807, 2.05) is 41.3 Å². The van der Waals surface area contributed by atoms with Gasteiger partial charge in [0, 0.05) is 44.6 Å². The van der Waals surface area contributed by atoms with Gasteiger partial charge >= 0.3 is 0 Å². The Bertz CT molecular complexity index is 590. The Balaban J connectivity index is 1.60. The molecule has 0 aromatic carbocycles. The molecule has 1 aromatic heterocycles. The third kappa shape index (κ3) is 4.46. The Morgan fingerprint density at radius 1 is 1.23 bits per heavy atom. The summed E-state index contributed by atoms with van der Waals surface area (Å²) < 4.78 is 0. The number of carbonyl (C=O) groups excluding carboxylic acids is 2. The van der Waals surface area contributed by atoms with Crippen molar-refractivity contribution in [2.24, 2.45) is 5.92 Å². The van der Waals surface area contributed by atoms with E-state index in [2.05, 4.69) is 4.90 Å². The maximum Gasteiger partial charge on any atom is 0.239 e. The molecule has 5 nitrogen and oxygen atoms in total. The molecular weight excluding hydrogens is 346 g/mol. The van der Waals surface area contributed by atoms with Crippen molar-refractivity contribution in [1.29, 1.82) is 0 Å². The summed E-state index contributed by atoms with van der Waals surface area (Å²) in [4.78, 5) is 32.8. The maximum atomic E-state index is 13.0. The minimum Gasteiger partial charge on any atom is -0.345 e. The van der Waals surface area contributed by atoms with Crippen LogP contribution >= 0.6 is 11.3 Å². The van der Waals surface area contributed by atoms with E-state index in [4.69, 9.17) is 0 Å². The maximum absolute atomic E-state index is 13.0. The fourth-order valence-corrected chi connectivity index (χ4v) is 4.93. The Hall–Kier alpha value is -1.40. The summed E-state index contributed by atoms with van der Waals surface area (Å²) in [5.41, 5.74) is 0. The number of amides is 2. The van der Waals surface area contributed by atoms with Gasteiger partial charge in [-0.3, -0.25) is 14.5 Å². The number of rotatable bonds is 6. The number of hydrogen-bond donors (Lipinski definition) is 0. The molecule has 1 aromatic rings. The van der Waals surface area contributed by atoms with Crippen molar-refractivity contribution < 1.29 is 9.59 Å². The zero-order valence-electron chi connectivity index (χ0n) is 16.0. The normalized spacial score (nSPS) is 20.3. The summed E-state index contributed by atoms with van der Waals surface area (Å²) in [5, 5.41) is 2.02. The number of hydrogen-bond acceptors (Lipinski definition) is 4. The first-order valence-corrected chi connectivity index (χ1v) is 10.8. The lowest BCUT2D eigenvalue weighted by Gasteiger charge is -2.42. The van der Waals surface area contributed by atoms with Crippen LogP contribution in [0.25, 0.3) is 0 Å². The van der Waals surface area contributed by atoms with Gasteiger partial charge in [0.15, 0.2) is 0 Å². The molecule has 2 amide bonds. The van der Waals surface area contributed by atoms with Crippen LogP contribution in [-0.2, 0) is 16.0 Å². The average Bonchev–Trinajstić information content (AvgIpc) is 3.36. The van der Waals surface area contributed by atoms with Crippen LogP contribution in [0.1, 0.15) is 37.5 Å². The second kappa shape index (κ2) is 9.00. The number of piperazine rings is 1. The minimum absolute atomic E-state index is 0.00278. The molecule has 0 N–H and O–H groups in total. The summed E-state index contributed by atoms with van der Waals surface area (Å²) in [6.07, 6.45) is 5.30. The molecule has 6 heteroatoms. The monoisotopic (exact) mass is 377 g/mol. The van der Waals surface area contributed by atoms with E-state index in [9.17, 15) is 9.59 Å². The first kappa shape index (κ1) is 19.4. The zero-order chi connectivity index (χ0) is 18.5. The van der Waals surface area contributed by atoms with E-state index in [-0.39, 0.29) is 17.9 Å². The fraction of sp³-hybridized carbons (Fsp3) is 0.700. The summed E-state index contributed by atoms with van der Waals surface area (Å²) in [7, 11) is 1.91. The van der Waals surface area contributed by atoms with Crippen LogP contribution in [0.5, 0.6) is 0 Å². The third-order valence-electron chi connectivity index (χ3n) is 5.92. The molecule has 1 aliphatic carbocycles. The number of carbonyl (C=O) groups is 2. The minimum atomic E-state index is -0.00278. The Morgan fingerprint density at radius 3 is 2.50 bits per heavy atom. The molecular formula is C20H31N3O2S. The van der Waals surface area contributed by atoms with Crippen molar-refractivity contribution in [2.75, 3.05) is 39.8 Å². The zero-order valence-corrected chi connectivity index (χ0v) is 16.8. The Morgan fingerprint density at radius 2 is 1.92 bits per heavy atom. The molecule has 2 heterocycles. The second-order valence-electron chi connectivity index (χ2n) is 7.51. The van der Waals surface area contributed by atoms with Crippen molar-refractivity contribution in [2.45, 2.75) is 45.1 Å². The van der Waals surface area contributed by atoms with Crippen molar-refractivity contribution in [1.82, 2.24) is 14.7 Å². The number of thiophene rings is 1. The van der Waals surface area contributed by atoms with Gasteiger partial charge in [0.2, 0.25) is 11.8 Å². The fourth-order valence-electron chi connectivity index (χ4n) is 4.23. The van der Waals surface area contributed by atoms with Crippen molar-refractivity contribution >= 4 is 23.2 Å². The molecule has 144 valence electrons. The Labute approximate surface area is 161 Å². The van der Waals surface area contributed by atoms with Crippen LogP contribution < -0.4 is 0 Å². The number of nitrogens with zero attached hydrogens (tertiary/aromatic N) is 3. The summed E-state index contributed by atoms with van der Waals surface area (Å²) in [6.45, 7) is 5.86. The topological polar surface area (TPSA) is 43.9 Å². The third-order valence-corrected chi connectivity index (χ3v) is 6.79. The molecule has 2 aliphatic rings. The van der Waals surface area contributed by atoms with Gasteiger partial charge in [-0.2, -0.15) is 0 Å². The van der Waals surface area contributed by atoms with Gasteiger partial charge in [0.25, 0.3) is 0 Å². The predicted molar refractivity (Wildman–Crippen MR) is 105 cm³/mol. The highest BCUT2D eigenvalue weighted by atomic mass is 32.1. The molecule has 1 saturated carbocycles. The Kier molecular flexibility index (Phi) is 6.70. The van der Waals surface area contributed by atoms with Gasteiger partial charge < -0.3 is 9.80 Å². The molecule has 3 rings (SSSR count). The molecule has 1 unspecified atom stereocenters. The lowest BCUT2D eigenvalue weighted by atomic mass is 9.94. The van der Waals surface area contributed by atoms with Gasteiger partial charge in [-0.25, -0.2) is 0 Å². The van der Waals surface area contributed by atoms with Crippen molar-refractivity contribution in [3.63, 3.8) is 0 Å². The molecule has 26 heavy (non-hydrogen) atoms. The largest absolute Gasteiger partial charge is 0.345 e. The summed E-state index contributed by atoms with van der Waals surface area (Å²) in [6, 6.07) is 4.01. The van der Waals surface area contributed by atoms with E-state index < -0.39 is 0 Å². The van der Waals surface area contributed by atoms with Crippen LogP contribution in [0.15, 0.2) is 17.5 Å². The lowest BCUT2D eigenvalue weighted by Crippen LogP contribution is -2.58. The van der Waals surface area contributed by atoms with Gasteiger partial charge in [0.1, 0.15) is 0 Å². The van der Waals surface area contributed by atoms with Crippen molar-refractivity contribution in [3.8, 4) is 0 Å². The first-order chi connectivity index (χ1) is 12.6. The average molecular weight is 378 g/mol. The SMILES string of the molecule is CCN(C)C(=O)C(C1CCCC1)N1CCN(C(=O)Cc2cccs2)CC1. The van der Waals surface area contributed by atoms with Crippen LogP contribution in [-0.4, -0.2) is 72.3 Å². The van der Waals surface area contributed by atoms with E-state index in [0.717, 1.165) is 50.4 Å². The molecule has 0 radical (unpaired) electrons.